The summed E-state index contributed by atoms with van der Waals surface area (Å²) in [6.07, 6.45) is 1.11. The van der Waals surface area contributed by atoms with Gasteiger partial charge in [-0.2, -0.15) is 0 Å². The van der Waals surface area contributed by atoms with Crippen molar-refractivity contribution >= 4 is 27.4 Å². The van der Waals surface area contributed by atoms with E-state index in [9.17, 15) is 18.0 Å². The van der Waals surface area contributed by atoms with Crippen LogP contribution in [0, 0.1) is 0 Å². The summed E-state index contributed by atoms with van der Waals surface area (Å²) >= 11 is 0. The molecule has 0 aliphatic rings. The van der Waals surface area contributed by atoms with Crippen LogP contribution in [0.3, 0.4) is 0 Å². The molecule has 104 valence electrons. The third-order valence-corrected chi connectivity index (χ3v) is 3.30. The first kappa shape index (κ1) is 15.0. The average molecular weight is 286 g/mol. The van der Waals surface area contributed by atoms with Crippen molar-refractivity contribution < 1.29 is 23.1 Å². The Bertz CT molecular complexity index is 565. The van der Waals surface area contributed by atoms with Crippen molar-refractivity contribution in [2.75, 3.05) is 24.7 Å². The van der Waals surface area contributed by atoms with Crippen molar-refractivity contribution in [1.29, 1.82) is 0 Å². The largest absolute Gasteiger partial charge is 0.480 e. The fourth-order valence-corrected chi connectivity index (χ4v) is 1.87. The average Bonchev–Trinajstić information content (AvgIpc) is 2.33. The van der Waals surface area contributed by atoms with Gasteiger partial charge in [-0.25, -0.2) is 8.42 Å². The maximum atomic E-state index is 11.2. The highest BCUT2D eigenvalue weighted by molar-refractivity contribution is 7.90. The Morgan fingerprint density at radius 2 is 1.74 bits per heavy atom. The number of anilines is 1. The highest BCUT2D eigenvalue weighted by atomic mass is 32.2. The molecule has 0 atom stereocenters. The molecule has 0 fully saturated rings. The maximum Gasteiger partial charge on any atom is 0.322 e. The molecule has 8 heteroatoms. The molecule has 0 radical (unpaired) electrons. The van der Waals surface area contributed by atoms with Crippen LogP contribution in [-0.4, -0.2) is 44.7 Å². The molecule has 0 aliphatic heterocycles. The monoisotopic (exact) mass is 286 g/mol. The Hall–Kier alpha value is -2.09. The Morgan fingerprint density at radius 1 is 1.16 bits per heavy atom. The lowest BCUT2D eigenvalue weighted by atomic mass is 10.3. The third kappa shape index (κ3) is 5.38. The van der Waals surface area contributed by atoms with Gasteiger partial charge in [-0.1, -0.05) is 0 Å². The van der Waals surface area contributed by atoms with Crippen molar-refractivity contribution in [1.82, 2.24) is 5.32 Å². The summed E-state index contributed by atoms with van der Waals surface area (Å²) in [6.45, 7) is -0.529. The van der Waals surface area contributed by atoms with Gasteiger partial charge in [0.2, 0.25) is 5.91 Å². The summed E-state index contributed by atoms with van der Waals surface area (Å²) in [7, 11) is -3.24. The van der Waals surface area contributed by atoms with Crippen molar-refractivity contribution in [2.24, 2.45) is 0 Å². The number of hydrogen-bond acceptors (Lipinski definition) is 5. The number of nitrogens with one attached hydrogen (secondary N) is 2. The summed E-state index contributed by atoms with van der Waals surface area (Å²) < 4.78 is 22.4. The maximum absolute atomic E-state index is 11.2. The minimum atomic E-state index is -3.24. The zero-order valence-electron chi connectivity index (χ0n) is 10.2. The Labute approximate surface area is 110 Å². The fraction of sp³-hybridized carbons (Fsp3) is 0.273. The zero-order chi connectivity index (χ0) is 14.5. The van der Waals surface area contributed by atoms with Gasteiger partial charge in [0.15, 0.2) is 9.84 Å². The molecule has 1 aromatic carbocycles. The van der Waals surface area contributed by atoms with Crippen molar-refractivity contribution in [2.45, 2.75) is 4.90 Å². The van der Waals surface area contributed by atoms with Crippen LogP contribution in [0.25, 0.3) is 0 Å². The smallest absolute Gasteiger partial charge is 0.322 e. The van der Waals surface area contributed by atoms with Gasteiger partial charge in [-0.3, -0.25) is 9.59 Å². The van der Waals surface area contributed by atoms with Crippen molar-refractivity contribution in [3.63, 3.8) is 0 Å². The minimum absolute atomic E-state index is 0.0918. The van der Waals surface area contributed by atoms with Crippen LogP contribution in [-0.2, 0) is 19.4 Å². The summed E-state index contributed by atoms with van der Waals surface area (Å²) in [5.41, 5.74) is 0.567. The number of amides is 1. The van der Waals surface area contributed by atoms with Crippen LogP contribution < -0.4 is 10.6 Å². The molecule has 0 aliphatic carbocycles. The minimum Gasteiger partial charge on any atom is -0.480 e. The van der Waals surface area contributed by atoms with Gasteiger partial charge >= 0.3 is 5.97 Å². The summed E-state index contributed by atoms with van der Waals surface area (Å²) in [5, 5.41) is 13.3. The van der Waals surface area contributed by atoms with E-state index >= 15 is 0 Å². The number of rotatable bonds is 6. The van der Waals surface area contributed by atoms with Crippen LogP contribution in [0.4, 0.5) is 5.69 Å². The van der Waals surface area contributed by atoms with E-state index in [0.29, 0.717) is 5.69 Å². The van der Waals surface area contributed by atoms with Gasteiger partial charge in [-0.15, -0.1) is 0 Å². The zero-order valence-corrected chi connectivity index (χ0v) is 11.0. The number of carboxylic acids is 1. The van der Waals surface area contributed by atoms with Crippen LogP contribution >= 0.6 is 0 Å². The topological polar surface area (TPSA) is 113 Å². The lowest BCUT2D eigenvalue weighted by Crippen LogP contribution is -2.33. The van der Waals surface area contributed by atoms with Gasteiger partial charge in [-0.05, 0) is 24.3 Å². The molecular weight excluding hydrogens is 272 g/mol. The molecule has 0 saturated carbocycles. The van der Waals surface area contributed by atoms with E-state index in [-0.39, 0.29) is 11.4 Å². The van der Waals surface area contributed by atoms with Crippen molar-refractivity contribution in [3.8, 4) is 0 Å². The molecule has 1 rings (SSSR count). The van der Waals surface area contributed by atoms with Gasteiger partial charge in [0.1, 0.15) is 6.54 Å². The van der Waals surface area contributed by atoms with E-state index < -0.39 is 28.3 Å². The quantitative estimate of drug-likeness (QED) is 0.662. The van der Waals surface area contributed by atoms with Gasteiger partial charge in [0.05, 0.1) is 11.4 Å². The number of aliphatic carboxylic acids is 1. The molecule has 7 nitrogen and oxygen atoms in total. The standard InChI is InChI=1S/C11H14N2O5S/c1-19(17,18)9-4-2-8(3-5-9)12-6-10(14)13-7-11(15)16/h2-5,12H,6-7H2,1H3,(H,13,14)(H,15,16). The molecular formula is C11H14N2O5S. The Balaban J connectivity index is 2.51. The molecule has 0 saturated heterocycles. The second kappa shape index (κ2) is 6.19. The first-order valence-corrected chi connectivity index (χ1v) is 7.20. The SMILES string of the molecule is CS(=O)(=O)c1ccc(NCC(=O)NCC(=O)O)cc1. The van der Waals surface area contributed by atoms with Crippen LogP contribution in [0.2, 0.25) is 0 Å². The third-order valence-electron chi connectivity index (χ3n) is 2.17. The van der Waals surface area contributed by atoms with Gasteiger partial charge in [0, 0.05) is 11.9 Å². The molecule has 1 amide bonds. The Kier molecular flexibility index (Phi) is 4.87. The summed E-state index contributed by atoms with van der Waals surface area (Å²) in [5.74, 6) is -1.58. The second-order valence-corrected chi connectivity index (χ2v) is 5.84. The molecule has 19 heavy (non-hydrogen) atoms. The predicted octanol–water partition coefficient (Wildman–Crippen LogP) is -0.297. The van der Waals surface area contributed by atoms with E-state index in [1.807, 2.05) is 0 Å². The highest BCUT2D eigenvalue weighted by Gasteiger charge is 2.07. The predicted molar refractivity (Wildman–Crippen MR) is 68.7 cm³/mol. The lowest BCUT2D eigenvalue weighted by Gasteiger charge is -2.07. The molecule has 0 spiro atoms. The number of sulfone groups is 1. The molecule has 0 unspecified atom stereocenters. The normalized spacial score (nSPS) is 10.8. The number of carbonyl (C=O) groups excluding carboxylic acids is 1. The number of hydrogen-bond donors (Lipinski definition) is 3. The molecule has 3 N–H and O–H groups in total. The highest BCUT2D eigenvalue weighted by Crippen LogP contribution is 2.13. The van der Waals surface area contributed by atoms with Crippen molar-refractivity contribution in [3.05, 3.63) is 24.3 Å². The first-order valence-electron chi connectivity index (χ1n) is 5.31. The second-order valence-electron chi connectivity index (χ2n) is 3.82. The number of carbonyl (C=O) groups is 2. The summed E-state index contributed by atoms with van der Waals surface area (Å²) in [6, 6.07) is 5.90. The number of carboxylic acid groups (broad SMARTS) is 1. The van der Waals surface area contributed by atoms with Gasteiger partial charge < -0.3 is 15.7 Å². The van der Waals surface area contributed by atoms with E-state index in [4.69, 9.17) is 5.11 Å². The fourth-order valence-electron chi connectivity index (χ4n) is 1.24. The van der Waals surface area contributed by atoms with Crippen LogP contribution in [0.1, 0.15) is 0 Å². The molecule has 0 aromatic heterocycles. The van der Waals surface area contributed by atoms with Crippen LogP contribution in [0.15, 0.2) is 29.2 Å². The summed E-state index contributed by atoms with van der Waals surface area (Å²) in [4.78, 5) is 21.6. The Morgan fingerprint density at radius 3 is 2.21 bits per heavy atom. The van der Waals surface area contributed by atoms with Crippen LogP contribution in [0.5, 0.6) is 0 Å². The first-order chi connectivity index (χ1) is 8.79. The number of benzene rings is 1. The molecule has 0 heterocycles. The van der Waals surface area contributed by atoms with E-state index in [1.165, 1.54) is 24.3 Å². The van der Waals surface area contributed by atoms with Gasteiger partial charge in [0.25, 0.3) is 0 Å². The van der Waals surface area contributed by atoms with E-state index in [2.05, 4.69) is 10.6 Å². The molecule has 0 bridgehead atoms. The van der Waals surface area contributed by atoms with E-state index in [1.54, 1.807) is 0 Å². The van der Waals surface area contributed by atoms with E-state index in [0.717, 1.165) is 6.26 Å². The molecule has 1 aromatic rings. The lowest BCUT2D eigenvalue weighted by molar-refractivity contribution is -0.137.